The van der Waals surface area contributed by atoms with Crippen molar-refractivity contribution < 1.29 is 9.53 Å². The van der Waals surface area contributed by atoms with Crippen LogP contribution in [0.2, 0.25) is 0 Å². The molecule has 1 aliphatic heterocycles. The third-order valence-corrected chi connectivity index (χ3v) is 5.93. The summed E-state index contributed by atoms with van der Waals surface area (Å²) in [5.41, 5.74) is 0.764. The number of amides is 1. The lowest BCUT2D eigenvalue weighted by Crippen LogP contribution is -2.38. The number of hydrogen-bond acceptors (Lipinski definition) is 5. The Hall–Kier alpha value is -1.89. The van der Waals surface area contributed by atoms with Gasteiger partial charge in [0.15, 0.2) is 0 Å². The second-order valence-electron chi connectivity index (χ2n) is 7.07. The van der Waals surface area contributed by atoms with Crippen molar-refractivity contribution in [3.05, 3.63) is 46.7 Å². The molecule has 2 unspecified atom stereocenters. The number of benzene rings is 1. The van der Waals surface area contributed by atoms with Crippen molar-refractivity contribution in [3.8, 4) is 5.75 Å². The largest absolute Gasteiger partial charge is 0.497 e. The fraction of sp³-hybridized carbons (Fsp3) is 0.476. The van der Waals surface area contributed by atoms with E-state index in [4.69, 9.17) is 4.74 Å². The highest BCUT2D eigenvalue weighted by molar-refractivity contribution is 7.10. The van der Waals surface area contributed by atoms with E-state index in [0.717, 1.165) is 31.1 Å². The van der Waals surface area contributed by atoms with Gasteiger partial charge in [0.05, 0.1) is 13.2 Å². The molecule has 2 aromatic rings. The van der Waals surface area contributed by atoms with Gasteiger partial charge in [-0.15, -0.1) is 11.3 Å². The average Bonchev–Trinajstić information content (AvgIpc) is 3.36. The molecule has 5 nitrogen and oxygen atoms in total. The Bertz CT molecular complexity index is 714. The van der Waals surface area contributed by atoms with Crippen LogP contribution in [0.25, 0.3) is 0 Å². The van der Waals surface area contributed by atoms with Crippen LogP contribution in [0.15, 0.2) is 41.8 Å². The lowest BCUT2D eigenvalue weighted by atomic mass is 10.1. The summed E-state index contributed by atoms with van der Waals surface area (Å²) in [6.07, 6.45) is 3.00. The van der Waals surface area contributed by atoms with E-state index >= 15 is 0 Å². The Morgan fingerprint density at radius 3 is 2.78 bits per heavy atom. The molecule has 1 saturated heterocycles. The van der Waals surface area contributed by atoms with Gasteiger partial charge in [-0.2, -0.15) is 0 Å². The number of hydrogen-bond donors (Lipinski definition) is 2. The monoisotopic (exact) mass is 387 g/mol. The second-order valence-corrected chi connectivity index (χ2v) is 8.05. The lowest BCUT2D eigenvalue weighted by Gasteiger charge is -2.28. The minimum Gasteiger partial charge on any atom is -0.497 e. The summed E-state index contributed by atoms with van der Waals surface area (Å²) in [4.78, 5) is 16.3. The van der Waals surface area contributed by atoms with Crippen LogP contribution in [0, 0.1) is 0 Å². The maximum Gasteiger partial charge on any atom is 0.225 e. The Labute approximate surface area is 165 Å². The summed E-state index contributed by atoms with van der Waals surface area (Å²) < 4.78 is 5.20. The highest BCUT2D eigenvalue weighted by atomic mass is 32.1. The SMILES string of the molecule is COc1cccc(NC(=O)CC(C)NCC(c2cccs2)N2CCCC2)c1. The molecule has 0 saturated carbocycles. The van der Waals surface area contributed by atoms with Gasteiger partial charge in [0, 0.05) is 35.6 Å². The van der Waals surface area contributed by atoms with E-state index in [1.165, 1.54) is 17.7 Å². The van der Waals surface area contributed by atoms with Crippen molar-refractivity contribution in [2.45, 2.75) is 38.3 Å². The van der Waals surface area contributed by atoms with E-state index in [0.29, 0.717) is 12.5 Å². The van der Waals surface area contributed by atoms with E-state index in [9.17, 15) is 4.79 Å². The summed E-state index contributed by atoms with van der Waals surface area (Å²) in [5, 5.41) is 8.66. The van der Waals surface area contributed by atoms with Crippen molar-refractivity contribution in [1.29, 1.82) is 0 Å². The fourth-order valence-corrected chi connectivity index (χ4v) is 4.38. The Morgan fingerprint density at radius 1 is 1.26 bits per heavy atom. The first-order valence-corrected chi connectivity index (χ1v) is 10.5. The minimum absolute atomic E-state index is 0.0112. The maximum atomic E-state index is 12.4. The van der Waals surface area contributed by atoms with E-state index in [1.54, 1.807) is 7.11 Å². The lowest BCUT2D eigenvalue weighted by molar-refractivity contribution is -0.116. The van der Waals surface area contributed by atoms with Gasteiger partial charge in [0.2, 0.25) is 5.91 Å². The molecule has 1 fully saturated rings. The molecule has 0 bridgehead atoms. The molecule has 2 N–H and O–H groups in total. The number of anilines is 1. The zero-order valence-electron chi connectivity index (χ0n) is 16.1. The van der Waals surface area contributed by atoms with Crippen LogP contribution in [0.1, 0.15) is 37.1 Å². The number of likely N-dealkylation sites (tertiary alicyclic amines) is 1. The Kier molecular flexibility index (Phi) is 7.26. The van der Waals surface area contributed by atoms with Crippen molar-refractivity contribution in [2.75, 3.05) is 32.1 Å². The van der Waals surface area contributed by atoms with E-state index < -0.39 is 0 Å². The zero-order valence-corrected chi connectivity index (χ0v) is 16.9. The minimum atomic E-state index is 0.0112. The third kappa shape index (κ3) is 5.79. The normalized spacial score (nSPS) is 16.8. The van der Waals surface area contributed by atoms with Gasteiger partial charge in [0.1, 0.15) is 5.75 Å². The smallest absolute Gasteiger partial charge is 0.225 e. The third-order valence-electron chi connectivity index (χ3n) is 4.96. The summed E-state index contributed by atoms with van der Waals surface area (Å²) in [6, 6.07) is 12.3. The summed E-state index contributed by atoms with van der Waals surface area (Å²) in [6.45, 7) is 5.26. The summed E-state index contributed by atoms with van der Waals surface area (Å²) in [5.74, 6) is 0.750. The standard InChI is InChI=1S/C21H29N3O2S/c1-16(13-21(25)23-17-7-5-8-18(14-17)26-2)22-15-19(20-9-6-12-27-20)24-10-3-4-11-24/h5-9,12,14,16,19,22H,3-4,10-11,13,15H2,1-2H3,(H,23,25). The number of methoxy groups -OCH3 is 1. The van der Waals surface area contributed by atoms with E-state index in [-0.39, 0.29) is 11.9 Å². The molecule has 0 aliphatic carbocycles. The average molecular weight is 388 g/mol. The van der Waals surface area contributed by atoms with Crippen LogP contribution in [-0.2, 0) is 4.79 Å². The van der Waals surface area contributed by atoms with Crippen LogP contribution < -0.4 is 15.4 Å². The molecule has 2 heterocycles. The Balaban J connectivity index is 1.50. The van der Waals surface area contributed by atoms with Gasteiger partial charge in [-0.05, 0) is 56.4 Å². The first-order chi connectivity index (χ1) is 13.2. The Morgan fingerprint density at radius 2 is 2.07 bits per heavy atom. The van der Waals surface area contributed by atoms with Gasteiger partial charge in [-0.25, -0.2) is 0 Å². The molecule has 0 spiro atoms. The molecule has 2 atom stereocenters. The van der Waals surface area contributed by atoms with E-state index in [1.807, 2.05) is 35.6 Å². The quantitative estimate of drug-likeness (QED) is 0.685. The summed E-state index contributed by atoms with van der Waals surface area (Å²) in [7, 11) is 1.62. The molecule has 1 aliphatic rings. The molecule has 146 valence electrons. The number of carbonyl (C=O) groups excluding carboxylic acids is 1. The first-order valence-electron chi connectivity index (χ1n) is 9.60. The van der Waals surface area contributed by atoms with Crippen LogP contribution in [-0.4, -0.2) is 43.6 Å². The first kappa shape index (κ1) is 19.9. The van der Waals surface area contributed by atoms with Crippen LogP contribution >= 0.6 is 11.3 Å². The fourth-order valence-electron chi connectivity index (χ4n) is 3.52. The highest BCUT2D eigenvalue weighted by Crippen LogP contribution is 2.28. The van der Waals surface area contributed by atoms with Crippen molar-refractivity contribution in [1.82, 2.24) is 10.2 Å². The number of carbonyl (C=O) groups is 1. The van der Waals surface area contributed by atoms with Gasteiger partial charge in [-0.3, -0.25) is 9.69 Å². The molecule has 6 heteroatoms. The molecule has 1 amide bonds. The van der Waals surface area contributed by atoms with Gasteiger partial charge >= 0.3 is 0 Å². The van der Waals surface area contributed by atoms with Crippen LogP contribution in [0.5, 0.6) is 5.75 Å². The summed E-state index contributed by atoms with van der Waals surface area (Å²) >= 11 is 1.82. The molecular weight excluding hydrogens is 358 g/mol. The maximum absolute atomic E-state index is 12.4. The predicted molar refractivity (Wildman–Crippen MR) is 112 cm³/mol. The van der Waals surface area contributed by atoms with Crippen LogP contribution in [0.4, 0.5) is 5.69 Å². The highest BCUT2D eigenvalue weighted by Gasteiger charge is 2.24. The second kappa shape index (κ2) is 9.88. The molecule has 0 radical (unpaired) electrons. The van der Waals surface area contributed by atoms with Crippen molar-refractivity contribution in [3.63, 3.8) is 0 Å². The predicted octanol–water partition coefficient (Wildman–Crippen LogP) is 3.90. The molecule has 3 rings (SSSR count). The van der Waals surface area contributed by atoms with Crippen molar-refractivity contribution in [2.24, 2.45) is 0 Å². The van der Waals surface area contributed by atoms with Gasteiger partial charge in [-0.1, -0.05) is 12.1 Å². The molecular formula is C21H29N3O2S. The van der Waals surface area contributed by atoms with E-state index in [2.05, 4.69) is 40.0 Å². The molecule has 1 aromatic carbocycles. The topological polar surface area (TPSA) is 53.6 Å². The number of nitrogens with zero attached hydrogens (tertiary/aromatic N) is 1. The van der Waals surface area contributed by atoms with Crippen molar-refractivity contribution >= 4 is 22.9 Å². The molecule has 1 aromatic heterocycles. The van der Waals surface area contributed by atoms with Crippen LogP contribution in [0.3, 0.4) is 0 Å². The zero-order chi connectivity index (χ0) is 19.1. The van der Waals surface area contributed by atoms with Gasteiger partial charge in [0.25, 0.3) is 0 Å². The van der Waals surface area contributed by atoms with Gasteiger partial charge < -0.3 is 15.4 Å². The molecule has 27 heavy (non-hydrogen) atoms. The number of ether oxygens (including phenoxy) is 1. The number of rotatable bonds is 9. The number of thiophene rings is 1. The number of nitrogens with one attached hydrogen (secondary N) is 2.